The van der Waals surface area contributed by atoms with E-state index in [9.17, 15) is 17.6 Å². The maximum atomic E-state index is 13.8. The minimum absolute atomic E-state index is 0.139. The van der Waals surface area contributed by atoms with Crippen LogP contribution in [0.15, 0.2) is 17.0 Å². The van der Waals surface area contributed by atoms with Crippen LogP contribution < -0.4 is 10.5 Å². The predicted molar refractivity (Wildman–Crippen MR) is 75.9 cm³/mol. The van der Waals surface area contributed by atoms with Gasteiger partial charge in [0, 0.05) is 13.7 Å². The van der Waals surface area contributed by atoms with Gasteiger partial charge in [0.2, 0.25) is 10.0 Å². The molecule has 21 heavy (non-hydrogen) atoms. The first-order valence-electron chi connectivity index (χ1n) is 6.14. The lowest BCUT2D eigenvalue weighted by Crippen LogP contribution is -2.40. The fourth-order valence-corrected chi connectivity index (χ4v) is 2.38. The smallest absolute Gasteiger partial charge is 0.254 e. The largest absolute Gasteiger partial charge is 0.377 e. The lowest BCUT2D eigenvalue weighted by atomic mass is 10.1. The van der Waals surface area contributed by atoms with Crippen LogP contribution in [-0.2, 0) is 14.8 Å². The van der Waals surface area contributed by atoms with E-state index in [0.717, 1.165) is 12.1 Å². The monoisotopic (exact) mass is 318 g/mol. The van der Waals surface area contributed by atoms with E-state index >= 15 is 0 Å². The highest BCUT2D eigenvalue weighted by Gasteiger charge is 2.22. The zero-order valence-corrected chi connectivity index (χ0v) is 13.2. The van der Waals surface area contributed by atoms with Crippen molar-refractivity contribution in [2.45, 2.75) is 31.3 Å². The molecule has 1 aromatic rings. The lowest BCUT2D eigenvalue weighted by molar-refractivity contribution is 0.0228. The number of primary sulfonamides is 1. The van der Waals surface area contributed by atoms with E-state index in [1.807, 2.05) is 0 Å². The van der Waals surface area contributed by atoms with Gasteiger partial charge in [-0.2, -0.15) is 0 Å². The van der Waals surface area contributed by atoms with Crippen molar-refractivity contribution in [3.05, 3.63) is 29.1 Å². The van der Waals surface area contributed by atoms with Crippen molar-refractivity contribution < 1.29 is 22.3 Å². The third-order valence-electron chi connectivity index (χ3n) is 3.04. The van der Waals surface area contributed by atoms with E-state index in [1.165, 1.54) is 14.0 Å². The molecule has 0 unspecified atom stereocenters. The van der Waals surface area contributed by atoms with Crippen LogP contribution in [0, 0.1) is 12.7 Å². The van der Waals surface area contributed by atoms with Crippen molar-refractivity contribution in [1.82, 2.24) is 5.32 Å². The van der Waals surface area contributed by atoms with Gasteiger partial charge in [0.1, 0.15) is 5.82 Å². The number of halogens is 1. The number of hydrogen-bond donors (Lipinski definition) is 2. The third-order valence-corrected chi connectivity index (χ3v) is 4.10. The van der Waals surface area contributed by atoms with Crippen LogP contribution in [-0.4, -0.2) is 33.6 Å². The molecule has 1 amide bonds. The van der Waals surface area contributed by atoms with Crippen LogP contribution in [0.2, 0.25) is 0 Å². The van der Waals surface area contributed by atoms with Crippen molar-refractivity contribution in [2.75, 3.05) is 13.7 Å². The number of nitrogens with one attached hydrogen (secondary N) is 1. The predicted octanol–water partition coefficient (Wildman–Crippen LogP) is 0.936. The summed E-state index contributed by atoms with van der Waals surface area (Å²) in [6, 6.07) is 1.91. The second kappa shape index (κ2) is 6.08. The fourth-order valence-electron chi connectivity index (χ4n) is 1.59. The van der Waals surface area contributed by atoms with Crippen molar-refractivity contribution in [2.24, 2.45) is 5.14 Å². The summed E-state index contributed by atoms with van der Waals surface area (Å²) in [5.74, 6) is -1.55. The van der Waals surface area contributed by atoms with E-state index in [0.29, 0.717) is 0 Å². The third kappa shape index (κ3) is 4.48. The molecule has 118 valence electrons. The number of hydrogen-bond acceptors (Lipinski definition) is 4. The van der Waals surface area contributed by atoms with Crippen LogP contribution in [0.4, 0.5) is 4.39 Å². The maximum absolute atomic E-state index is 13.8. The van der Waals surface area contributed by atoms with Crippen LogP contribution in [0.5, 0.6) is 0 Å². The first-order chi connectivity index (χ1) is 9.48. The Morgan fingerprint density at radius 2 is 2.00 bits per heavy atom. The van der Waals surface area contributed by atoms with Gasteiger partial charge in [-0.15, -0.1) is 0 Å². The van der Waals surface area contributed by atoms with Crippen molar-refractivity contribution in [1.29, 1.82) is 0 Å². The summed E-state index contributed by atoms with van der Waals surface area (Å²) in [4.78, 5) is 11.7. The second-order valence-corrected chi connectivity index (χ2v) is 6.82. The molecule has 3 N–H and O–H groups in total. The molecule has 0 saturated heterocycles. The molecule has 0 heterocycles. The van der Waals surface area contributed by atoms with Gasteiger partial charge in [0.25, 0.3) is 5.91 Å². The Bertz CT molecular complexity index is 656. The quantitative estimate of drug-likeness (QED) is 0.844. The lowest BCUT2D eigenvalue weighted by Gasteiger charge is -2.23. The Kier molecular flexibility index (Phi) is 5.08. The number of rotatable bonds is 5. The average Bonchev–Trinajstić information content (AvgIpc) is 2.34. The molecule has 0 bridgehead atoms. The van der Waals surface area contributed by atoms with E-state index in [1.54, 1.807) is 13.8 Å². The summed E-state index contributed by atoms with van der Waals surface area (Å²) in [5, 5.41) is 7.53. The molecule has 0 atom stereocenters. The van der Waals surface area contributed by atoms with Crippen LogP contribution in [0.1, 0.15) is 29.8 Å². The summed E-state index contributed by atoms with van der Waals surface area (Å²) in [5.41, 5.74) is -0.861. The zero-order valence-electron chi connectivity index (χ0n) is 12.4. The first-order valence-corrected chi connectivity index (χ1v) is 7.69. The van der Waals surface area contributed by atoms with E-state index in [2.05, 4.69) is 5.32 Å². The van der Waals surface area contributed by atoms with Gasteiger partial charge in [-0.3, -0.25) is 4.79 Å². The number of benzene rings is 1. The average molecular weight is 318 g/mol. The van der Waals surface area contributed by atoms with Crippen molar-refractivity contribution in [3.63, 3.8) is 0 Å². The molecule has 0 saturated carbocycles. The van der Waals surface area contributed by atoms with E-state index < -0.39 is 27.3 Å². The molecule has 0 aliphatic heterocycles. The number of carbonyl (C=O) groups is 1. The number of sulfonamides is 1. The maximum Gasteiger partial charge on any atom is 0.254 e. The second-order valence-electron chi connectivity index (χ2n) is 5.29. The minimum Gasteiger partial charge on any atom is -0.377 e. The molecule has 0 aliphatic carbocycles. The molecule has 0 spiro atoms. The molecule has 1 rings (SSSR count). The molecule has 0 fully saturated rings. The fraction of sp³-hybridized carbons (Fsp3) is 0.462. The molecule has 0 radical (unpaired) electrons. The Hall–Kier alpha value is -1.51. The number of methoxy groups -OCH3 is 1. The van der Waals surface area contributed by atoms with E-state index in [-0.39, 0.29) is 22.6 Å². The molecular weight excluding hydrogens is 299 g/mol. The number of nitrogens with two attached hydrogens (primary N) is 1. The number of ether oxygens (including phenoxy) is 1. The first kappa shape index (κ1) is 17.5. The number of aryl methyl sites for hydroxylation is 1. The minimum atomic E-state index is -4.03. The molecule has 0 aliphatic rings. The Balaban J connectivity index is 3.11. The highest BCUT2D eigenvalue weighted by molar-refractivity contribution is 7.89. The molecule has 6 nitrogen and oxygen atoms in total. The molecule has 0 aromatic heterocycles. The SMILES string of the molecule is COC(C)(C)CNC(=O)c1cc(S(N)(=O)=O)c(C)cc1F. The highest BCUT2D eigenvalue weighted by atomic mass is 32.2. The van der Waals surface area contributed by atoms with Crippen molar-refractivity contribution >= 4 is 15.9 Å². The normalized spacial score (nSPS) is 12.3. The van der Waals surface area contributed by atoms with Crippen LogP contribution in [0.25, 0.3) is 0 Å². The summed E-state index contributed by atoms with van der Waals surface area (Å²) < 4.78 is 41.8. The number of amides is 1. The summed E-state index contributed by atoms with van der Waals surface area (Å²) >= 11 is 0. The molecular formula is C13H19FN2O4S. The van der Waals surface area contributed by atoms with Gasteiger partial charge in [0.15, 0.2) is 0 Å². The van der Waals surface area contributed by atoms with Crippen molar-refractivity contribution in [3.8, 4) is 0 Å². The standard InChI is InChI=1S/C13H19FN2O4S/c1-8-5-10(14)9(6-11(8)21(15,18)19)12(17)16-7-13(2,3)20-4/h5-6H,7H2,1-4H3,(H,16,17)(H2,15,18,19). The summed E-state index contributed by atoms with van der Waals surface area (Å²) in [6.07, 6.45) is 0. The van der Waals surface area contributed by atoms with Gasteiger partial charge in [0.05, 0.1) is 16.1 Å². The van der Waals surface area contributed by atoms with Crippen LogP contribution in [0.3, 0.4) is 0 Å². The highest BCUT2D eigenvalue weighted by Crippen LogP contribution is 2.19. The summed E-state index contributed by atoms with van der Waals surface area (Å²) in [6.45, 7) is 5.03. The topological polar surface area (TPSA) is 98.5 Å². The summed E-state index contributed by atoms with van der Waals surface area (Å²) in [7, 11) is -2.54. The van der Waals surface area contributed by atoms with Crippen LogP contribution >= 0.6 is 0 Å². The van der Waals surface area contributed by atoms with Gasteiger partial charge in [-0.25, -0.2) is 17.9 Å². The molecule has 8 heteroatoms. The van der Waals surface area contributed by atoms with E-state index in [4.69, 9.17) is 9.88 Å². The Morgan fingerprint density at radius 1 is 1.43 bits per heavy atom. The van der Waals surface area contributed by atoms with Gasteiger partial charge < -0.3 is 10.1 Å². The Labute approximate surface area is 123 Å². The molecule has 1 aromatic carbocycles. The van der Waals surface area contributed by atoms with Gasteiger partial charge >= 0.3 is 0 Å². The zero-order chi connectivity index (χ0) is 16.4. The Morgan fingerprint density at radius 3 is 2.48 bits per heavy atom. The number of carbonyl (C=O) groups excluding carboxylic acids is 1. The van der Waals surface area contributed by atoms with Gasteiger partial charge in [-0.1, -0.05) is 0 Å². The van der Waals surface area contributed by atoms with Gasteiger partial charge in [-0.05, 0) is 38.5 Å².